The number of amides is 1. The first-order valence-electron chi connectivity index (χ1n) is 5.59. The highest BCUT2D eigenvalue weighted by molar-refractivity contribution is 5.85. The maximum absolute atomic E-state index is 12.0. The molecule has 90 valence electrons. The second-order valence-corrected chi connectivity index (χ2v) is 4.12. The summed E-state index contributed by atoms with van der Waals surface area (Å²) in [4.78, 5) is 28.3. The van der Waals surface area contributed by atoms with Crippen molar-refractivity contribution in [2.75, 3.05) is 6.54 Å². The predicted molar refractivity (Wildman–Crippen MR) is 60.3 cm³/mol. The molecule has 1 fully saturated rings. The lowest BCUT2D eigenvalue weighted by Crippen LogP contribution is -2.41. The van der Waals surface area contributed by atoms with E-state index in [1.165, 1.54) is 4.90 Å². The number of hydrogen-bond acceptors (Lipinski definition) is 3. The normalized spacial score (nSPS) is 19.3. The number of nitrogens with zero attached hydrogens (tertiary/aromatic N) is 2. The van der Waals surface area contributed by atoms with E-state index in [0.717, 1.165) is 12.0 Å². The van der Waals surface area contributed by atoms with Gasteiger partial charge in [-0.15, -0.1) is 0 Å². The number of hydrogen-bond donors (Lipinski definition) is 1. The molecule has 5 nitrogen and oxygen atoms in total. The molecule has 2 heterocycles. The molecule has 1 atom stereocenters. The van der Waals surface area contributed by atoms with Crippen molar-refractivity contribution in [3.05, 3.63) is 30.1 Å². The van der Waals surface area contributed by atoms with E-state index in [4.69, 9.17) is 5.11 Å². The molecule has 1 amide bonds. The fraction of sp³-hybridized carbons (Fsp3) is 0.417. The second-order valence-electron chi connectivity index (χ2n) is 4.12. The van der Waals surface area contributed by atoms with Crippen LogP contribution in [0.15, 0.2) is 24.5 Å². The van der Waals surface area contributed by atoms with Crippen LogP contribution in [0.25, 0.3) is 0 Å². The summed E-state index contributed by atoms with van der Waals surface area (Å²) in [7, 11) is 0. The van der Waals surface area contributed by atoms with E-state index >= 15 is 0 Å². The van der Waals surface area contributed by atoms with Crippen molar-refractivity contribution >= 4 is 11.9 Å². The fourth-order valence-corrected chi connectivity index (χ4v) is 2.10. The lowest BCUT2D eigenvalue weighted by molar-refractivity contribution is -0.148. The van der Waals surface area contributed by atoms with E-state index in [1.807, 2.05) is 6.07 Å². The first-order valence-corrected chi connectivity index (χ1v) is 5.59. The van der Waals surface area contributed by atoms with Crippen LogP contribution in [0, 0.1) is 0 Å². The average Bonchev–Trinajstić information content (AvgIpc) is 2.79. The third kappa shape index (κ3) is 2.61. The highest BCUT2D eigenvalue weighted by atomic mass is 16.4. The molecule has 1 aliphatic heterocycles. The van der Waals surface area contributed by atoms with Gasteiger partial charge in [0.15, 0.2) is 0 Å². The van der Waals surface area contributed by atoms with Crippen molar-refractivity contribution in [3.63, 3.8) is 0 Å². The van der Waals surface area contributed by atoms with Crippen LogP contribution >= 0.6 is 0 Å². The molecule has 1 saturated heterocycles. The van der Waals surface area contributed by atoms with Gasteiger partial charge in [-0.25, -0.2) is 4.79 Å². The minimum Gasteiger partial charge on any atom is -0.480 e. The van der Waals surface area contributed by atoms with Crippen molar-refractivity contribution in [2.45, 2.75) is 25.3 Å². The molecule has 0 radical (unpaired) electrons. The Morgan fingerprint density at radius 3 is 3.00 bits per heavy atom. The molecular weight excluding hydrogens is 220 g/mol. The Morgan fingerprint density at radius 2 is 2.35 bits per heavy atom. The van der Waals surface area contributed by atoms with Crippen LogP contribution in [0.3, 0.4) is 0 Å². The van der Waals surface area contributed by atoms with Gasteiger partial charge in [0, 0.05) is 18.9 Å². The van der Waals surface area contributed by atoms with Gasteiger partial charge >= 0.3 is 5.97 Å². The van der Waals surface area contributed by atoms with Gasteiger partial charge in [0.2, 0.25) is 5.91 Å². The molecule has 0 bridgehead atoms. The minimum absolute atomic E-state index is 0.136. The van der Waals surface area contributed by atoms with Crippen LogP contribution in [-0.2, 0) is 16.0 Å². The first-order chi connectivity index (χ1) is 8.18. The number of carboxylic acid groups (broad SMARTS) is 1. The molecule has 0 aromatic carbocycles. The minimum atomic E-state index is -0.915. The van der Waals surface area contributed by atoms with E-state index < -0.39 is 12.0 Å². The number of aliphatic carboxylic acids is 1. The summed E-state index contributed by atoms with van der Waals surface area (Å²) in [6.45, 7) is 0.538. The van der Waals surface area contributed by atoms with Crippen LogP contribution in [0.1, 0.15) is 18.4 Å². The lowest BCUT2D eigenvalue weighted by atomic mass is 10.1. The molecule has 0 aliphatic carbocycles. The lowest BCUT2D eigenvalue weighted by Gasteiger charge is -2.21. The number of pyridine rings is 1. The zero-order valence-corrected chi connectivity index (χ0v) is 9.37. The van der Waals surface area contributed by atoms with Crippen LogP contribution in [0.2, 0.25) is 0 Å². The summed E-state index contributed by atoms with van der Waals surface area (Å²) in [5.74, 6) is -1.05. The third-order valence-electron chi connectivity index (χ3n) is 2.94. The van der Waals surface area contributed by atoms with E-state index in [0.29, 0.717) is 13.0 Å². The molecule has 17 heavy (non-hydrogen) atoms. The van der Waals surface area contributed by atoms with Crippen LogP contribution < -0.4 is 0 Å². The molecule has 1 aliphatic rings. The van der Waals surface area contributed by atoms with Crippen molar-refractivity contribution in [3.8, 4) is 0 Å². The largest absolute Gasteiger partial charge is 0.480 e. The smallest absolute Gasteiger partial charge is 0.326 e. The van der Waals surface area contributed by atoms with Gasteiger partial charge in [0.1, 0.15) is 6.04 Å². The molecule has 2 rings (SSSR count). The third-order valence-corrected chi connectivity index (χ3v) is 2.94. The van der Waals surface area contributed by atoms with Crippen molar-refractivity contribution in [2.24, 2.45) is 0 Å². The Kier molecular flexibility index (Phi) is 3.37. The first kappa shape index (κ1) is 11.6. The average molecular weight is 234 g/mol. The van der Waals surface area contributed by atoms with Crippen LogP contribution in [0.5, 0.6) is 0 Å². The van der Waals surface area contributed by atoms with Gasteiger partial charge in [-0.3, -0.25) is 9.78 Å². The highest BCUT2D eigenvalue weighted by Gasteiger charge is 2.33. The number of aromatic nitrogens is 1. The van der Waals surface area contributed by atoms with Gasteiger partial charge < -0.3 is 10.0 Å². The second kappa shape index (κ2) is 4.95. The van der Waals surface area contributed by atoms with Gasteiger partial charge in [0.05, 0.1) is 6.42 Å². The Balaban J connectivity index is 2.03. The number of carboxylic acids is 1. The SMILES string of the molecule is O=C(O)C1CCCN1C(=O)Cc1cccnc1. The van der Waals surface area contributed by atoms with Gasteiger partial charge in [0.25, 0.3) is 0 Å². The molecule has 5 heteroatoms. The van der Waals surface area contributed by atoms with Crippen LogP contribution in [0.4, 0.5) is 0 Å². The molecule has 1 unspecified atom stereocenters. The summed E-state index contributed by atoms with van der Waals surface area (Å²) in [5, 5.41) is 8.99. The molecular formula is C12H14N2O3. The Labute approximate surface area is 99.1 Å². The quantitative estimate of drug-likeness (QED) is 0.835. The van der Waals surface area contributed by atoms with Crippen molar-refractivity contribution < 1.29 is 14.7 Å². The maximum atomic E-state index is 12.0. The predicted octanol–water partition coefficient (Wildman–Crippen LogP) is 0.700. The number of likely N-dealkylation sites (tertiary alicyclic amines) is 1. The summed E-state index contributed by atoms with van der Waals surface area (Å²) in [6, 6.07) is 2.93. The van der Waals surface area contributed by atoms with Gasteiger partial charge in [-0.05, 0) is 24.5 Å². The summed E-state index contributed by atoms with van der Waals surface area (Å²) in [5.41, 5.74) is 0.813. The van der Waals surface area contributed by atoms with E-state index in [9.17, 15) is 9.59 Å². The maximum Gasteiger partial charge on any atom is 0.326 e. The Bertz CT molecular complexity index is 419. The zero-order valence-electron chi connectivity index (χ0n) is 9.37. The summed E-state index contributed by atoms with van der Waals surface area (Å²) < 4.78 is 0. The Hall–Kier alpha value is -1.91. The zero-order chi connectivity index (χ0) is 12.3. The standard InChI is InChI=1S/C12H14N2O3/c15-11(7-9-3-1-5-13-8-9)14-6-2-4-10(14)12(16)17/h1,3,5,8,10H,2,4,6-7H2,(H,16,17). The van der Waals surface area contributed by atoms with E-state index in [-0.39, 0.29) is 12.3 Å². The number of carbonyl (C=O) groups excluding carboxylic acids is 1. The molecule has 1 aromatic heterocycles. The van der Waals surface area contributed by atoms with Gasteiger partial charge in [-0.1, -0.05) is 6.07 Å². The number of rotatable bonds is 3. The molecule has 0 saturated carbocycles. The topological polar surface area (TPSA) is 70.5 Å². The van der Waals surface area contributed by atoms with E-state index in [1.54, 1.807) is 18.5 Å². The number of carbonyl (C=O) groups is 2. The summed E-state index contributed by atoms with van der Waals surface area (Å²) in [6.07, 6.45) is 4.80. The Morgan fingerprint density at radius 1 is 1.53 bits per heavy atom. The fourth-order valence-electron chi connectivity index (χ4n) is 2.10. The van der Waals surface area contributed by atoms with Crippen LogP contribution in [-0.4, -0.2) is 39.5 Å². The molecule has 1 aromatic rings. The van der Waals surface area contributed by atoms with Crippen molar-refractivity contribution in [1.82, 2.24) is 9.88 Å². The highest BCUT2D eigenvalue weighted by Crippen LogP contribution is 2.18. The van der Waals surface area contributed by atoms with E-state index in [2.05, 4.69) is 4.98 Å². The summed E-state index contributed by atoms with van der Waals surface area (Å²) >= 11 is 0. The van der Waals surface area contributed by atoms with Gasteiger partial charge in [-0.2, -0.15) is 0 Å². The molecule has 0 spiro atoms. The molecule has 1 N–H and O–H groups in total. The monoisotopic (exact) mass is 234 g/mol. The van der Waals surface area contributed by atoms with Crippen molar-refractivity contribution in [1.29, 1.82) is 0 Å².